The van der Waals surface area contributed by atoms with Gasteiger partial charge >= 0.3 is 0 Å². The van der Waals surface area contributed by atoms with E-state index in [1.807, 2.05) is 0 Å². The molecule has 0 unspecified atom stereocenters. The van der Waals surface area contributed by atoms with Crippen LogP contribution in [-0.2, 0) is 6.42 Å². The maximum atomic E-state index is 12.8. The standard InChI is InChI=1S/C9H10FNO2/c1-3-7-4-8(10)5-11(6(2)12)9(7)13/h4-5H,3H2,1-2H3. The maximum absolute atomic E-state index is 12.8. The summed E-state index contributed by atoms with van der Waals surface area (Å²) >= 11 is 0. The van der Waals surface area contributed by atoms with Gasteiger partial charge in [-0.1, -0.05) is 6.92 Å². The van der Waals surface area contributed by atoms with Crippen LogP contribution in [0.15, 0.2) is 17.1 Å². The molecule has 0 aliphatic heterocycles. The first-order chi connectivity index (χ1) is 6.06. The lowest BCUT2D eigenvalue weighted by molar-refractivity contribution is 0.0930. The van der Waals surface area contributed by atoms with Crippen LogP contribution in [0.1, 0.15) is 24.2 Å². The van der Waals surface area contributed by atoms with E-state index in [-0.39, 0.29) is 0 Å². The molecule has 0 N–H and O–H groups in total. The Morgan fingerprint density at radius 2 is 2.23 bits per heavy atom. The number of carbonyl (C=O) groups excluding carboxylic acids is 1. The third kappa shape index (κ3) is 1.83. The van der Waals surface area contributed by atoms with Crippen molar-refractivity contribution in [2.75, 3.05) is 0 Å². The molecule has 0 saturated carbocycles. The zero-order valence-corrected chi connectivity index (χ0v) is 7.50. The monoisotopic (exact) mass is 183 g/mol. The number of rotatable bonds is 1. The molecule has 0 bridgehead atoms. The van der Waals surface area contributed by atoms with Crippen molar-refractivity contribution in [1.29, 1.82) is 0 Å². The Hall–Kier alpha value is -1.45. The van der Waals surface area contributed by atoms with E-state index < -0.39 is 17.3 Å². The van der Waals surface area contributed by atoms with Gasteiger partial charge in [-0.05, 0) is 12.5 Å². The van der Waals surface area contributed by atoms with Gasteiger partial charge < -0.3 is 0 Å². The SMILES string of the molecule is CCc1cc(F)cn(C(C)=O)c1=O. The van der Waals surface area contributed by atoms with Crippen molar-refractivity contribution >= 4 is 5.91 Å². The summed E-state index contributed by atoms with van der Waals surface area (Å²) < 4.78 is 13.6. The third-order valence-corrected chi connectivity index (χ3v) is 1.78. The van der Waals surface area contributed by atoms with Crippen molar-refractivity contribution < 1.29 is 9.18 Å². The molecule has 13 heavy (non-hydrogen) atoms. The minimum atomic E-state index is -0.563. The Balaban J connectivity index is 3.45. The van der Waals surface area contributed by atoms with Crippen molar-refractivity contribution in [2.24, 2.45) is 0 Å². The fourth-order valence-electron chi connectivity index (χ4n) is 1.09. The molecule has 0 amide bonds. The first-order valence-corrected chi connectivity index (χ1v) is 3.98. The van der Waals surface area contributed by atoms with Crippen molar-refractivity contribution in [3.05, 3.63) is 34.0 Å². The van der Waals surface area contributed by atoms with Gasteiger partial charge in [0.25, 0.3) is 5.56 Å². The summed E-state index contributed by atoms with van der Waals surface area (Å²) in [6.07, 6.45) is 1.33. The average molecular weight is 183 g/mol. The molecule has 0 saturated heterocycles. The number of aryl methyl sites for hydroxylation is 1. The van der Waals surface area contributed by atoms with Gasteiger partial charge in [0.1, 0.15) is 5.82 Å². The van der Waals surface area contributed by atoms with Crippen LogP contribution in [0.25, 0.3) is 0 Å². The van der Waals surface area contributed by atoms with E-state index in [9.17, 15) is 14.0 Å². The second-order valence-electron chi connectivity index (χ2n) is 2.73. The van der Waals surface area contributed by atoms with E-state index in [0.29, 0.717) is 12.0 Å². The van der Waals surface area contributed by atoms with Gasteiger partial charge in [-0.15, -0.1) is 0 Å². The molecule has 0 radical (unpaired) electrons. The molecule has 0 aromatic carbocycles. The largest absolute Gasteiger partial charge is 0.274 e. The molecule has 70 valence electrons. The molecule has 0 aliphatic carbocycles. The van der Waals surface area contributed by atoms with Gasteiger partial charge in [0, 0.05) is 12.5 Å². The number of hydrogen-bond acceptors (Lipinski definition) is 2. The number of halogens is 1. The van der Waals surface area contributed by atoms with Crippen molar-refractivity contribution in [3.63, 3.8) is 0 Å². The fourth-order valence-corrected chi connectivity index (χ4v) is 1.09. The minimum Gasteiger partial charge on any atom is -0.274 e. The molecule has 1 aromatic heterocycles. The normalized spacial score (nSPS) is 10.1. The summed E-state index contributed by atoms with van der Waals surface area (Å²) in [6.45, 7) is 2.96. The summed E-state index contributed by atoms with van der Waals surface area (Å²) in [7, 11) is 0. The summed E-state index contributed by atoms with van der Waals surface area (Å²) in [6, 6.07) is 1.15. The lowest BCUT2D eigenvalue weighted by atomic mass is 10.2. The van der Waals surface area contributed by atoms with Crippen LogP contribution in [0.3, 0.4) is 0 Å². The molecule has 1 rings (SSSR count). The van der Waals surface area contributed by atoms with E-state index in [4.69, 9.17) is 0 Å². The van der Waals surface area contributed by atoms with Gasteiger partial charge in [-0.2, -0.15) is 0 Å². The van der Waals surface area contributed by atoms with E-state index in [2.05, 4.69) is 0 Å². The van der Waals surface area contributed by atoms with Crippen molar-refractivity contribution in [2.45, 2.75) is 20.3 Å². The number of pyridine rings is 1. The maximum Gasteiger partial charge on any atom is 0.260 e. The molecule has 0 spiro atoms. The van der Waals surface area contributed by atoms with E-state index in [0.717, 1.165) is 16.8 Å². The van der Waals surface area contributed by atoms with Gasteiger partial charge in [0.2, 0.25) is 5.91 Å². The second-order valence-corrected chi connectivity index (χ2v) is 2.73. The van der Waals surface area contributed by atoms with Gasteiger partial charge in [-0.3, -0.25) is 14.2 Å². The van der Waals surface area contributed by atoms with Crippen LogP contribution in [0, 0.1) is 5.82 Å². The third-order valence-electron chi connectivity index (χ3n) is 1.78. The van der Waals surface area contributed by atoms with Crippen LogP contribution in [0.2, 0.25) is 0 Å². The average Bonchev–Trinajstić information content (AvgIpc) is 2.08. The molecule has 1 heterocycles. The summed E-state index contributed by atoms with van der Waals surface area (Å²) in [5.41, 5.74) is -0.119. The Labute approximate surface area is 74.8 Å². The molecule has 3 nitrogen and oxygen atoms in total. The van der Waals surface area contributed by atoms with Gasteiger partial charge in [-0.25, -0.2) is 4.39 Å². The Bertz CT molecular complexity index is 395. The zero-order chi connectivity index (χ0) is 10.0. The first kappa shape index (κ1) is 9.64. The number of hydrogen-bond donors (Lipinski definition) is 0. The Kier molecular flexibility index (Phi) is 2.60. The van der Waals surface area contributed by atoms with Crippen LogP contribution < -0.4 is 5.56 Å². The quantitative estimate of drug-likeness (QED) is 0.656. The number of nitrogens with zero attached hydrogens (tertiary/aromatic N) is 1. The molecule has 1 aromatic rings. The van der Waals surface area contributed by atoms with Gasteiger partial charge in [0.05, 0.1) is 6.20 Å². The molecule has 4 heteroatoms. The summed E-state index contributed by atoms with van der Waals surface area (Å²) in [5.74, 6) is -1.04. The molecule has 0 fully saturated rings. The van der Waals surface area contributed by atoms with Crippen LogP contribution in [0.5, 0.6) is 0 Å². The number of carbonyl (C=O) groups is 1. The highest BCUT2D eigenvalue weighted by Crippen LogP contribution is 1.99. The zero-order valence-electron chi connectivity index (χ0n) is 7.50. The van der Waals surface area contributed by atoms with E-state index in [1.165, 1.54) is 6.92 Å². The highest BCUT2D eigenvalue weighted by Gasteiger charge is 2.07. The van der Waals surface area contributed by atoms with Crippen LogP contribution in [0.4, 0.5) is 4.39 Å². The molecular formula is C9H10FNO2. The topological polar surface area (TPSA) is 39.1 Å². The van der Waals surface area contributed by atoms with E-state index in [1.54, 1.807) is 6.92 Å². The van der Waals surface area contributed by atoms with Crippen LogP contribution in [-0.4, -0.2) is 10.5 Å². The summed E-state index contributed by atoms with van der Waals surface area (Å²) in [5, 5.41) is 0. The highest BCUT2D eigenvalue weighted by atomic mass is 19.1. The lowest BCUT2D eigenvalue weighted by Crippen LogP contribution is -2.27. The second kappa shape index (κ2) is 3.51. The molecule has 0 atom stereocenters. The summed E-state index contributed by atoms with van der Waals surface area (Å²) in [4.78, 5) is 22.3. The highest BCUT2D eigenvalue weighted by molar-refractivity contribution is 5.75. The Morgan fingerprint density at radius 1 is 1.62 bits per heavy atom. The molecule has 0 aliphatic rings. The predicted molar refractivity (Wildman–Crippen MR) is 46.3 cm³/mol. The van der Waals surface area contributed by atoms with Gasteiger partial charge in [0.15, 0.2) is 0 Å². The predicted octanol–water partition coefficient (Wildman–Crippen LogP) is 1.21. The molecular weight excluding hydrogens is 173 g/mol. The minimum absolute atomic E-state index is 0.315. The van der Waals surface area contributed by atoms with Crippen molar-refractivity contribution in [3.8, 4) is 0 Å². The van der Waals surface area contributed by atoms with Crippen LogP contribution >= 0.6 is 0 Å². The Morgan fingerprint density at radius 3 is 2.69 bits per heavy atom. The van der Waals surface area contributed by atoms with E-state index >= 15 is 0 Å². The smallest absolute Gasteiger partial charge is 0.260 e. The van der Waals surface area contributed by atoms with Crippen molar-refractivity contribution in [1.82, 2.24) is 4.57 Å². The fraction of sp³-hybridized carbons (Fsp3) is 0.333. The lowest BCUT2D eigenvalue weighted by Gasteiger charge is -2.02. The number of aromatic nitrogens is 1. The first-order valence-electron chi connectivity index (χ1n) is 3.98.